The Morgan fingerprint density at radius 3 is 1.25 bits per heavy atom. The number of rotatable bonds is 0. The maximum absolute atomic E-state index is 5.77. The lowest BCUT2D eigenvalue weighted by atomic mass is 10.0. The molecule has 0 bridgehead atoms. The van der Waals surface area contributed by atoms with Crippen molar-refractivity contribution in [3.8, 4) is 0 Å². The van der Waals surface area contributed by atoms with Crippen LogP contribution < -0.4 is 0 Å². The van der Waals surface area contributed by atoms with E-state index in [1.807, 2.05) is 0 Å². The largest absolute Gasteiger partial charge is 0.248 e. The number of hydrogen-bond donors (Lipinski definition) is 1. The summed E-state index contributed by atoms with van der Waals surface area (Å²) in [5.41, 5.74) is 0.500. The van der Waals surface area contributed by atoms with Crippen molar-refractivity contribution in [2.75, 3.05) is 0 Å². The Labute approximate surface area is 56.6 Å². The molecule has 0 atom stereocenters. The highest BCUT2D eigenvalue weighted by Crippen LogP contribution is 2.07. The molecule has 0 aliphatic heterocycles. The Hall–Kier alpha value is -0.200. The maximum Gasteiger partial charge on any atom is 0.0554 e. The average molecular weight is 131 g/mol. The molecular formula is C6H13NS. The van der Waals surface area contributed by atoms with Crippen molar-refractivity contribution >= 4 is 17.4 Å². The smallest absolute Gasteiger partial charge is 0.0554 e. The Bertz CT molecular complexity index is 69.0. The second-order valence-electron chi connectivity index (χ2n) is 3.10. The zero-order chi connectivity index (χ0) is 7.21. The minimum Gasteiger partial charge on any atom is -0.248 e. The first kappa shape index (κ1) is 10.7. The highest BCUT2D eigenvalue weighted by Gasteiger charge is 1.95. The zero-order valence-corrected chi connectivity index (χ0v) is 6.72. The summed E-state index contributed by atoms with van der Waals surface area (Å²) in [6.45, 7) is 8.75. The van der Waals surface area contributed by atoms with Crippen LogP contribution in [-0.2, 0) is 0 Å². The van der Waals surface area contributed by atoms with Crippen LogP contribution in [0.5, 0.6) is 0 Å². The van der Waals surface area contributed by atoms with Crippen molar-refractivity contribution in [2.24, 2.45) is 5.41 Å². The van der Waals surface area contributed by atoms with E-state index in [1.165, 1.54) is 0 Å². The SMILES string of the molecule is CC(C)(C)C.N=C=S. The van der Waals surface area contributed by atoms with Gasteiger partial charge in [0, 0.05) is 0 Å². The third-order valence-corrected chi connectivity index (χ3v) is 0. The first-order chi connectivity index (χ1) is 3.41. The van der Waals surface area contributed by atoms with E-state index in [-0.39, 0.29) is 0 Å². The second kappa shape index (κ2) is 4.95. The summed E-state index contributed by atoms with van der Waals surface area (Å²) in [4.78, 5) is 0. The summed E-state index contributed by atoms with van der Waals surface area (Å²) in [6.07, 6.45) is 0. The molecule has 0 heterocycles. The van der Waals surface area contributed by atoms with Gasteiger partial charge < -0.3 is 0 Å². The summed E-state index contributed by atoms with van der Waals surface area (Å²) >= 11 is 3.81. The number of hydrogen-bond acceptors (Lipinski definition) is 2. The zero-order valence-electron chi connectivity index (χ0n) is 5.91. The third kappa shape index (κ3) is 3340. The van der Waals surface area contributed by atoms with Gasteiger partial charge in [-0.2, -0.15) is 0 Å². The molecule has 0 spiro atoms. The molecule has 0 unspecified atom stereocenters. The summed E-state index contributed by atoms with van der Waals surface area (Å²) in [5, 5.41) is 7.36. The van der Waals surface area contributed by atoms with E-state index in [0.717, 1.165) is 0 Å². The van der Waals surface area contributed by atoms with Gasteiger partial charge in [0.25, 0.3) is 0 Å². The predicted octanol–water partition coefficient (Wildman–Crippen LogP) is 2.72. The van der Waals surface area contributed by atoms with Gasteiger partial charge in [0.15, 0.2) is 0 Å². The van der Waals surface area contributed by atoms with Crippen LogP contribution in [-0.4, -0.2) is 5.16 Å². The topological polar surface area (TPSA) is 23.9 Å². The van der Waals surface area contributed by atoms with Crippen LogP contribution in [0.15, 0.2) is 0 Å². The van der Waals surface area contributed by atoms with E-state index in [0.29, 0.717) is 5.41 Å². The van der Waals surface area contributed by atoms with Crippen LogP contribution in [0.4, 0.5) is 0 Å². The normalized spacial score (nSPS) is 8.50. The van der Waals surface area contributed by atoms with Crippen molar-refractivity contribution < 1.29 is 0 Å². The summed E-state index contributed by atoms with van der Waals surface area (Å²) in [7, 11) is 0. The van der Waals surface area contributed by atoms with Crippen molar-refractivity contribution in [1.82, 2.24) is 0 Å². The molecule has 8 heavy (non-hydrogen) atoms. The lowest BCUT2D eigenvalue weighted by molar-refractivity contribution is 0.469. The van der Waals surface area contributed by atoms with Gasteiger partial charge in [0.2, 0.25) is 0 Å². The van der Waals surface area contributed by atoms with E-state index >= 15 is 0 Å². The molecule has 0 aliphatic rings. The second-order valence-corrected chi connectivity index (χ2v) is 3.31. The van der Waals surface area contributed by atoms with Crippen molar-refractivity contribution in [3.05, 3.63) is 0 Å². The minimum atomic E-state index is 0.500. The van der Waals surface area contributed by atoms with E-state index in [4.69, 9.17) is 5.41 Å². The standard InChI is InChI=1S/C5H12.CHNS/c1-5(2,3)4;2-1-3/h1-4H3;2H. The minimum absolute atomic E-state index is 0.500. The Morgan fingerprint density at radius 1 is 1.25 bits per heavy atom. The first-order valence-corrected chi connectivity index (χ1v) is 2.86. The molecule has 0 amide bonds. The van der Waals surface area contributed by atoms with Gasteiger partial charge >= 0.3 is 0 Å². The fourth-order valence-electron chi connectivity index (χ4n) is 0. The molecule has 0 rings (SSSR count). The van der Waals surface area contributed by atoms with Gasteiger partial charge in [-0.3, -0.25) is 0 Å². The van der Waals surface area contributed by atoms with Crippen LogP contribution in [0.3, 0.4) is 0 Å². The van der Waals surface area contributed by atoms with E-state index in [9.17, 15) is 0 Å². The quantitative estimate of drug-likeness (QED) is 0.396. The van der Waals surface area contributed by atoms with Crippen LogP contribution in [0.25, 0.3) is 0 Å². The molecule has 48 valence electrons. The fourth-order valence-corrected chi connectivity index (χ4v) is 0. The molecule has 0 saturated heterocycles. The molecule has 1 N–H and O–H groups in total. The molecule has 0 saturated carbocycles. The summed E-state index contributed by atoms with van der Waals surface area (Å²) < 4.78 is 0. The summed E-state index contributed by atoms with van der Waals surface area (Å²) in [6, 6.07) is 0. The van der Waals surface area contributed by atoms with Gasteiger partial charge in [0.1, 0.15) is 0 Å². The Morgan fingerprint density at radius 2 is 1.25 bits per heavy atom. The molecule has 0 radical (unpaired) electrons. The van der Waals surface area contributed by atoms with Gasteiger partial charge in [-0.1, -0.05) is 27.7 Å². The lowest BCUT2D eigenvalue weighted by Gasteiger charge is -2.05. The molecule has 0 aliphatic carbocycles. The van der Waals surface area contributed by atoms with E-state index < -0.39 is 0 Å². The molecule has 0 fully saturated rings. The molecule has 0 aromatic carbocycles. The monoisotopic (exact) mass is 131 g/mol. The summed E-state index contributed by atoms with van der Waals surface area (Å²) in [5.74, 6) is 0. The van der Waals surface area contributed by atoms with Crippen LogP contribution in [0, 0.1) is 10.8 Å². The average Bonchev–Trinajstić information content (AvgIpc) is 1.27. The van der Waals surface area contributed by atoms with Crippen molar-refractivity contribution in [2.45, 2.75) is 27.7 Å². The molecule has 0 aromatic rings. The van der Waals surface area contributed by atoms with E-state index in [2.05, 4.69) is 39.9 Å². The third-order valence-electron chi connectivity index (χ3n) is 0. The molecule has 2 heteroatoms. The number of isothiocyanates is 1. The molecule has 0 aromatic heterocycles. The highest BCUT2D eigenvalue weighted by atomic mass is 32.1. The molecule has 1 nitrogen and oxygen atoms in total. The van der Waals surface area contributed by atoms with E-state index in [1.54, 1.807) is 5.16 Å². The van der Waals surface area contributed by atoms with Crippen LogP contribution in [0.2, 0.25) is 0 Å². The van der Waals surface area contributed by atoms with Gasteiger partial charge in [-0.25, -0.2) is 5.41 Å². The van der Waals surface area contributed by atoms with Gasteiger partial charge in [-0.15, -0.1) is 0 Å². The Balaban J connectivity index is 0. The van der Waals surface area contributed by atoms with Crippen LogP contribution in [0.1, 0.15) is 27.7 Å². The number of thiocarbonyl (C=S) groups is 1. The Kier molecular flexibility index (Phi) is 6.63. The van der Waals surface area contributed by atoms with Crippen LogP contribution >= 0.6 is 12.2 Å². The van der Waals surface area contributed by atoms with Gasteiger partial charge in [-0.05, 0) is 17.6 Å². The fraction of sp³-hybridized carbons (Fsp3) is 0.833. The number of nitrogens with one attached hydrogen (secondary N) is 1. The predicted molar refractivity (Wildman–Crippen MR) is 40.4 cm³/mol. The highest BCUT2D eigenvalue weighted by molar-refractivity contribution is 7.78. The maximum atomic E-state index is 5.77. The molecular weight excluding hydrogens is 118 g/mol. The lowest BCUT2D eigenvalue weighted by Crippen LogP contribution is -1.93. The van der Waals surface area contributed by atoms with Crippen molar-refractivity contribution in [1.29, 1.82) is 5.41 Å². The first-order valence-electron chi connectivity index (χ1n) is 2.45. The van der Waals surface area contributed by atoms with Gasteiger partial charge in [0.05, 0.1) is 5.16 Å². The van der Waals surface area contributed by atoms with Crippen molar-refractivity contribution in [3.63, 3.8) is 0 Å².